The summed E-state index contributed by atoms with van der Waals surface area (Å²) < 4.78 is 38.9. The molecule has 0 radical (unpaired) electrons. The van der Waals surface area contributed by atoms with Crippen molar-refractivity contribution in [3.05, 3.63) is 36.0 Å². The molecule has 8 nitrogen and oxygen atoms in total. The quantitative estimate of drug-likeness (QED) is 0.746. The van der Waals surface area contributed by atoms with Crippen molar-refractivity contribution in [2.75, 3.05) is 11.1 Å². The fraction of sp³-hybridized carbons (Fsp3) is 0.182. The average Bonchev–Trinajstić information content (AvgIpc) is 2.88. The first kappa shape index (κ1) is 14.0. The van der Waals surface area contributed by atoms with Crippen LogP contribution in [0.3, 0.4) is 0 Å². The predicted molar refractivity (Wildman–Crippen MR) is 69.6 cm³/mol. The minimum Gasteiger partial charge on any atom is -0.384 e. The lowest BCUT2D eigenvalue weighted by Crippen LogP contribution is -2.14. The maximum atomic E-state index is 12.8. The molecule has 3 heterocycles. The van der Waals surface area contributed by atoms with Gasteiger partial charge >= 0.3 is 6.18 Å². The number of nitrogens with two attached hydrogens (primary N) is 1. The van der Waals surface area contributed by atoms with Gasteiger partial charge in [0.2, 0.25) is 0 Å². The molecule has 0 aliphatic rings. The third kappa shape index (κ3) is 2.73. The van der Waals surface area contributed by atoms with Gasteiger partial charge < -0.3 is 11.1 Å². The normalized spacial score (nSPS) is 11.8. The highest BCUT2D eigenvalue weighted by Crippen LogP contribution is 2.27. The highest BCUT2D eigenvalue weighted by Gasteiger charge is 2.37. The molecule has 3 rings (SSSR count). The van der Waals surface area contributed by atoms with E-state index in [0.717, 1.165) is 0 Å². The first-order valence-electron chi connectivity index (χ1n) is 6.04. The van der Waals surface area contributed by atoms with Crippen molar-refractivity contribution in [2.45, 2.75) is 12.7 Å². The molecule has 0 aromatic carbocycles. The number of fused-ring (bicyclic) bond motifs is 1. The van der Waals surface area contributed by atoms with Crippen molar-refractivity contribution in [1.29, 1.82) is 0 Å². The summed E-state index contributed by atoms with van der Waals surface area (Å²) in [4.78, 5) is 7.93. The Morgan fingerprint density at radius 1 is 1.18 bits per heavy atom. The summed E-state index contributed by atoms with van der Waals surface area (Å²) in [5.41, 5.74) is 5.51. The van der Waals surface area contributed by atoms with Crippen molar-refractivity contribution in [3.8, 4) is 0 Å². The number of hydrogen-bond acceptors (Lipinski definition) is 7. The van der Waals surface area contributed by atoms with E-state index in [2.05, 4.69) is 30.6 Å². The molecule has 3 aromatic rings. The fourth-order valence-electron chi connectivity index (χ4n) is 1.73. The standard InChI is InChI=1S/C11H9F3N8/c12-11(13,14)10-20-19-9-2-1-7(21-22(9)10)17-5-8-16-4-3-6(15)18-8/h1-4H,5H2,(H,17,21)(H2,15,16,18). The van der Waals surface area contributed by atoms with Crippen LogP contribution in [-0.4, -0.2) is 29.8 Å². The minimum atomic E-state index is -4.64. The summed E-state index contributed by atoms with van der Waals surface area (Å²) in [5.74, 6) is -0.301. The Bertz CT molecular complexity index is 812. The molecule has 0 aliphatic carbocycles. The molecule has 0 fully saturated rings. The Balaban J connectivity index is 1.85. The molecular formula is C11H9F3N8. The van der Waals surface area contributed by atoms with Crippen LogP contribution < -0.4 is 11.1 Å². The molecule has 0 spiro atoms. The number of alkyl halides is 3. The molecule has 0 saturated carbocycles. The zero-order chi connectivity index (χ0) is 15.7. The summed E-state index contributed by atoms with van der Waals surface area (Å²) in [6.07, 6.45) is -3.15. The Hall–Kier alpha value is -2.98. The van der Waals surface area contributed by atoms with E-state index in [9.17, 15) is 13.2 Å². The number of nitrogens with zero attached hydrogens (tertiary/aromatic N) is 6. The molecule has 11 heteroatoms. The molecule has 0 aliphatic heterocycles. The fourth-order valence-corrected chi connectivity index (χ4v) is 1.73. The van der Waals surface area contributed by atoms with Gasteiger partial charge in [-0.25, -0.2) is 9.97 Å². The lowest BCUT2D eigenvalue weighted by Gasteiger charge is -2.07. The van der Waals surface area contributed by atoms with Gasteiger partial charge in [0, 0.05) is 6.20 Å². The van der Waals surface area contributed by atoms with Crippen LogP contribution in [0.4, 0.5) is 24.8 Å². The molecule has 0 unspecified atom stereocenters. The molecular weight excluding hydrogens is 301 g/mol. The van der Waals surface area contributed by atoms with Gasteiger partial charge in [0.1, 0.15) is 17.5 Å². The van der Waals surface area contributed by atoms with Crippen LogP contribution in [-0.2, 0) is 12.7 Å². The van der Waals surface area contributed by atoms with Crippen LogP contribution in [0.2, 0.25) is 0 Å². The van der Waals surface area contributed by atoms with Crippen LogP contribution in [0, 0.1) is 0 Å². The minimum absolute atomic E-state index is 0.00178. The first-order valence-corrected chi connectivity index (χ1v) is 6.04. The molecule has 3 aromatic heterocycles. The van der Waals surface area contributed by atoms with Crippen LogP contribution in [0.5, 0.6) is 0 Å². The first-order chi connectivity index (χ1) is 10.4. The average molecular weight is 310 g/mol. The van der Waals surface area contributed by atoms with Crippen LogP contribution in [0.15, 0.2) is 24.4 Å². The highest BCUT2D eigenvalue weighted by molar-refractivity contribution is 5.44. The number of anilines is 2. The maximum absolute atomic E-state index is 12.8. The summed E-state index contributed by atoms with van der Waals surface area (Å²) >= 11 is 0. The molecule has 0 amide bonds. The van der Waals surface area contributed by atoms with Gasteiger partial charge in [0.15, 0.2) is 5.65 Å². The number of halogens is 3. The third-order valence-corrected chi connectivity index (χ3v) is 2.67. The molecule has 0 saturated heterocycles. The van der Waals surface area contributed by atoms with Gasteiger partial charge in [-0.2, -0.15) is 17.7 Å². The molecule has 0 atom stereocenters. The number of aromatic nitrogens is 6. The van der Waals surface area contributed by atoms with E-state index in [-0.39, 0.29) is 18.0 Å². The smallest absolute Gasteiger partial charge is 0.384 e. The van der Waals surface area contributed by atoms with Gasteiger partial charge in [0.25, 0.3) is 5.82 Å². The zero-order valence-electron chi connectivity index (χ0n) is 10.9. The van der Waals surface area contributed by atoms with Gasteiger partial charge in [0.05, 0.1) is 6.54 Å². The van der Waals surface area contributed by atoms with Crippen LogP contribution >= 0.6 is 0 Å². The second-order valence-electron chi connectivity index (χ2n) is 4.26. The largest absolute Gasteiger partial charge is 0.453 e. The van der Waals surface area contributed by atoms with Gasteiger partial charge in [-0.05, 0) is 18.2 Å². The van der Waals surface area contributed by atoms with E-state index in [0.29, 0.717) is 16.2 Å². The summed E-state index contributed by atoms with van der Waals surface area (Å²) in [7, 11) is 0. The lowest BCUT2D eigenvalue weighted by atomic mass is 10.4. The molecule has 114 valence electrons. The molecule has 0 bridgehead atoms. The number of nitrogen functional groups attached to an aromatic ring is 1. The van der Waals surface area contributed by atoms with Crippen molar-refractivity contribution in [1.82, 2.24) is 29.8 Å². The maximum Gasteiger partial charge on any atom is 0.453 e. The van der Waals surface area contributed by atoms with Crippen molar-refractivity contribution in [3.63, 3.8) is 0 Å². The number of rotatable bonds is 3. The summed E-state index contributed by atoms with van der Waals surface area (Å²) in [6.45, 7) is 0.160. The zero-order valence-corrected chi connectivity index (χ0v) is 10.9. The van der Waals surface area contributed by atoms with Gasteiger partial charge in [-0.15, -0.1) is 15.3 Å². The van der Waals surface area contributed by atoms with E-state index in [1.54, 1.807) is 0 Å². The van der Waals surface area contributed by atoms with Gasteiger partial charge in [-0.1, -0.05) is 0 Å². The van der Waals surface area contributed by atoms with E-state index < -0.39 is 12.0 Å². The Labute approximate surface area is 121 Å². The lowest BCUT2D eigenvalue weighted by molar-refractivity contribution is -0.146. The monoisotopic (exact) mass is 310 g/mol. The van der Waals surface area contributed by atoms with Crippen LogP contribution in [0.25, 0.3) is 5.65 Å². The van der Waals surface area contributed by atoms with E-state index >= 15 is 0 Å². The Morgan fingerprint density at radius 3 is 2.73 bits per heavy atom. The second kappa shape index (κ2) is 5.09. The van der Waals surface area contributed by atoms with Crippen molar-refractivity contribution >= 4 is 17.3 Å². The Kier molecular flexibility index (Phi) is 3.23. The third-order valence-electron chi connectivity index (χ3n) is 2.67. The van der Waals surface area contributed by atoms with Crippen molar-refractivity contribution in [2.24, 2.45) is 0 Å². The van der Waals surface area contributed by atoms with Crippen LogP contribution in [0.1, 0.15) is 11.6 Å². The number of nitrogens with one attached hydrogen (secondary N) is 1. The molecule has 3 N–H and O–H groups in total. The van der Waals surface area contributed by atoms with E-state index in [4.69, 9.17) is 5.73 Å². The summed E-state index contributed by atoms with van der Waals surface area (Å²) in [6, 6.07) is 4.38. The van der Waals surface area contributed by atoms with E-state index in [1.165, 1.54) is 24.4 Å². The number of hydrogen-bond donors (Lipinski definition) is 2. The highest BCUT2D eigenvalue weighted by atomic mass is 19.4. The topological polar surface area (TPSA) is 107 Å². The van der Waals surface area contributed by atoms with Crippen molar-refractivity contribution < 1.29 is 13.2 Å². The summed E-state index contributed by atoms with van der Waals surface area (Å²) in [5, 5.41) is 13.1. The van der Waals surface area contributed by atoms with Gasteiger partial charge in [-0.3, -0.25) is 0 Å². The Morgan fingerprint density at radius 2 is 2.00 bits per heavy atom. The SMILES string of the molecule is Nc1ccnc(CNc2ccc3nnc(C(F)(F)F)n3n2)n1. The molecule has 22 heavy (non-hydrogen) atoms. The van der Waals surface area contributed by atoms with E-state index in [1.807, 2.05) is 0 Å². The predicted octanol–water partition coefficient (Wildman–Crippen LogP) is 1.13. The second-order valence-corrected chi connectivity index (χ2v) is 4.26.